The van der Waals surface area contributed by atoms with Crippen LogP contribution in [0.2, 0.25) is 0 Å². The number of aliphatic carboxylic acids is 1. The Kier molecular flexibility index (Phi) is 5.74. The summed E-state index contributed by atoms with van der Waals surface area (Å²) < 4.78 is 11.3. The van der Waals surface area contributed by atoms with Crippen LogP contribution in [0.4, 0.5) is 0 Å². The van der Waals surface area contributed by atoms with Gasteiger partial charge in [-0.15, -0.1) is 0 Å². The van der Waals surface area contributed by atoms with E-state index in [1.807, 2.05) is 37.3 Å². The summed E-state index contributed by atoms with van der Waals surface area (Å²) in [5.41, 5.74) is 2.38. The molecule has 1 N–H and O–H groups in total. The number of hydrogen-bond donors (Lipinski definition) is 1. The third kappa shape index (κ3) is 4.55. The molecule has 1 heterocycles. The smallest absolute Gasteiger partial charge is 0.306 e. The number of hydrogen-bond acceptors (Lipinski definition) is 4. The molecule has 2 atom stereocenters. The van der Waals surface area contributed by atoms with Gasteiger partial charge in [0, 0.05) is 12.3 Å². The molecule has 2 aliphatic rings. The third-order valence-corrected chi connectivity index (χ3v) is 6.46. The number of carboxylic acids is 1. The number of carboxylic acid groups (broad SMARTS) is 1. The van der Waals surface area contributed by atoms with E-state index in [1.165, 1.54) is 5.56 Å². The zero-order chi connectivity index (χ0) is 20.4. The summed E-state index contributed by atoms with van der Waals surface area (Å²) in [5, 5.41) is 9.48. The molecular weight excluding hydrogens is 366 g/mol. The fourth-order valence-corrected chi connectivity index (χ4v) is 4.54. The molecule has 5 heteroatoms. The van der Waals surface area contributed by atoms with Gasteiger partial charge >= 0.3 is 5.97 Å². The Morgan fingerprint density at radius 1 is 1.24 bits per heavy atom. The molecule has 2 saturated carbocycles. The van der Waals surface area contributed by atoms with Crippen molar-refractivity contribution in [3.63, 3.8) is 0 Å². The molecule has 29 heavy (non-hydrogen) atoms. The van der Waals surface area contributed by atoms with E-state index in [0.29, 0.717) is 30.2 Å². The lowest BCUT2D eigenvalue weighted by Gasteiger charge is -2.35. The Hall–Kier alpha value is -2.56. The van der Waals surface area contributed by atoms with Crippen molar-refractivity contribution in [2.45, 2.75) is 44.4 Å². The van der Waals surface area contributed by atoms with Gasteiger partial charge in [0.25, 0.3) is 0 Å². The zero-order valence-corrected chi connectivity index (χ0v) is 17.1. The van der Waals surface area contributed by atoms with Crippen LogP contribution in [-0.4, -0.2) is 29.8 Å². The standard InChI is InChI=1S/C24H29NO4/c1-15(24(26)27)23(17-6-7-17)19-4-3-5-21(12-19)29-14-16-10-20(11-16)18-8-9-25-22(13-18)28-2/h3-5,8-9,12-13,15-17,20,23H,6-7,10-11,14H2,1-2H3,(H,26,27)/t15-,16?,20?,23-/m0/s1. The summed E-state index contributed by atoms with van der Waals surface area (Å²) in [4.78, 5) is 15.7. The van der Waals surface area contributed by atoms with Crippen LogP contribution in [0.15, 0.2) is 42.6 Å². The molecule has 0 spiro atoms. The normalized spacial score (nSPS) is 23.0. The van der Waals surface area contributed by atoms with Crippen LogP contribution in [0, 0.1) is 17.8 Å². The molecule has 0 amide bonds. The fraction of sp³-hybridized carbons (Fsp3) is 0.500. The first-order valence-electron chi connectivity index (χ1n) is 10.5. The van der Waals surface area contributed by atoms with Gasteiger partial charge in [-0.05, 0) is 78.7 Å². The Morgan fingerprint density at radius 2 is 2.03 bits per heavy atom. The van der Waals surface area contributed by atoms with E-state index in [-0.39, 0.29) is 11.8 Å². The van der Waals surface area contributed by atoms with Crippen LogP contribution in [0.1, 0.15) is 55.6 Å². The number of carbonyl (C=O) groups is 1. The monoisotopic (exact) mass is 395 g/mol. The number of methoxy groups -OCH3 is 1. The second-order valence-electron chi connectivity index (χ2n) is 8.54. The van der Waals surface area contributed by atoms with E-state index in [9.17, 15) is 9.90 Å². The molecule has 1 aromatic carbocycles. The largest absolute Gasteiger partial charge is 0.493 e. The number of ether oxygens (including phenoxy) is 2. The zero-order valence-electron chi connectivity index (χ0n) is 17.1. The summed E-state index contributed by atoms with van der Waals surface area (Å²) in [6.07, 6.45) is 6.26. The number of pyridine rings is 1. The second-order valence-corrected chi connectivity index (χ2v) is 8.54. The van der Waals surface area contributed by atoms with Gasteiger partial charge in [-0.3, -0.25) is 4.79 Å². The van der Waals surface area contributed by atoms with Gasteiger partial charge in [-0.1, -0.05) is 19.1 Å². The van der Waals surface area contributed by atoms with Crippen molar-refractivity contribution in [1.82, 2.24) is 4.98 Å². The molecule has 0 saturated heterocycles. The van der Waals surface area contributed by atoms with E-state index in [1.54, 1.807) is 13.3 Å². The fourth-order valence-electron chi connectivity index (χ4n) is 4.54. The van der Waals surface area contributed by atoms with Crippen LogP contribution in [0.5, 0.6) is 11.6 Å². The SMILES string of the molecule is COc1cc(C2CC(COc3cccc([C@H](C4CC4)[C@H](C)C(=O)O)c3)C2)ccn1. The third-order valence-electron chi connectivity index (χ3n) is 6.46. The van der Waals surface area contributed by atoms with Gasteiger partial charge in [-0.25, -0.2) is 4.98 Å². The van der Waals surface area contributed by atoms with Crippen molar-refractivity contribution < 1.29 is 19.4 Å². The highest BCUT2D eigenvalue weighted by Crippen LogP contribution is 2.47. The number of aromatic nitrogens is 1. The first-order chi connectivity index (χ1) is 14.0. The molecule has 0 radical (unpaired) electrons. The van der Waals surface area contributed by atoms with Gasteiger partial charge in [0.15, 0.2) is 0 Å². The maximum atomic E-state index is 11.5. The minimum Gasteiger partial charge on any atom is -0.493 e. The summed E-state index contributed by atoms with van der Waals surface area (Å²) in [7, 11) is 1.64. The predicted octanol–water partition coefficient (Wildman–Crippen LogP) is 4.88. The molecule has 1 aromatic heterocycles. The highest BCUT2D eigenvalue weighted by atomic mass is 16.5. The second kappa shape index (κ2) is 8.44. The average molecular weight is 395 g/mol. The van der Waals surface area contributed by atoms with E-state index in [4.69, 9.17) is 9.47 Å². The van der Waals surface area contributed by atoms with E-state index in [0.717, 1.165) is 37.0 Å². The van der Waals surface area contributed by atoms with E-state index < -0.39 is 5.97 Å². The topological polar surface area (TPSA) is 68.7 Å². The number of rotatable bonds is 9. The van der Waals surface area contributed by atoms with Crippen molar-refractivity contribution >= 4 is 5.97 Å². The van der Waals surface area contributed by atoms with Gasteiger partial charge in [0.2, 0.25) is 5.88 Å². The lowest BCUT2D eigenvalue weighted by atomic mass is 9.72. The summed E-state index contributed by atoms with van der Waals surface area (Å²) >= 11 is 0. The molecule has 2 aromatic rings. The van der Waals surface area contributed by atoms with Crippen LogP contribution in [-0.2, 0) is 4.79 Å². The van der Waals surface area contributed by atoms with Crippen molar-refractivity contribution in [2.24, 2.45) is 17.8 Å². The lowest BCUT2D eigenvalue weighted by molar-refractivity contribution is -0.142. The van der Waals surface area contributed by atoms with Gasteiger partial charge in [0.05, 0.1) is 19.6 Å². The molecular formula is C24H29NO4. The van der Waals surface area contributed by atoms with Gasteiger partial charge in [-0.2, -0.15) is 0 Å². The Balaban J connectivity index is 1.33. The van der Waals surface area contributed by atoms with Gasteiger partial charge in [0.1, 0.15) is 5.75 Å². The Bertz CT molecular complexity index is 857. The number of benzene rings is 1. The summed E-state index contributed by atoms with van der Waals surface area (Å²) in [5.74, 6) is 2.07. The van der Waals surface area contributed by atoms with Crippen LogP contribution >= 0.6 is 0 Å². The molecule has 154 valence electrons. The predicted molar refractivity (Wildman–Crippen MR) is 110 cm³/mol. The molecule has 2 fully saturated rings. The highest BCUT2D eigenvalue weighted by molar-refractivity contribution is 5.71. The average Bonchev–Trinajstić information content (AvgIpc) is 3.52. The van der Waals surface area contributed by atoms with E-state index in [2.05, 4.69) is 11.1 Å². The quantitative estimate of drug-likeness (QED) is 0.655. The maximum absolute atomic E-state index is 11.5. The molecule has 4 rings (SSSR count). The molecule has 0 aliphatic heterocycles. The number of nitrogens with zero attached hydrogens (tertiary/aromatic N) is 1. The highest BCUT2D eigenvalue weighted by Gasteiger charge is 2.38. The van der Waals surface area contributed by atoms with Crippen molar-refractivity contribution in [3.05, 3.63) is 53.7 Å². The Morgan fingerprint density at radius 3 is 2.72 bits per heavy atom. The summed E-state index contributed by atoms with van der Waals surface area (Å²) in [6, 6.07) is 12.1. The van der Waals surface area contributed by atoms with E-state index >= 15 is 0 Å². The molecule has 2 aliphatic carbocycles. The van der Waals surface area contributed by atoms with Gasteiger partial charge < -0.3 is 14.6 Å². The van der Waals surface area contributed by atoms with Crippen molar-refractivity contribution in [3.8, 4) is 11.6 Å². The minimum atomic E-state index is -0.721. The van der Waals surface area contributed by atoms with Crippen LogP contribution in [0.25, 0.3) is 0 Å². The first-order valence-corrected chi connectivity index (χ1v) is 10.5. The Labute approximate surface area is 172 Å². The van der Waals surface area contributed by atoms with Crippen molar-refractivity contribution in [1.29, 1.82) is 0 Å². The maximum Gasteiger partial charge on any atom is 0.306 e. The van der Waals surface area contributed by atoms with Crippen LogP contribution in [0.3, 0.4) is 0 Å². The van der Waals surface area contributed by atoms with Crippen LogP contribution < -0.4 is 9.47 Å². The summed E-state index contributed by atoms with van der Waals surface area (Å²) in [6.45, 7) is 2.52. The first kappa shape index (κ1) is 19.7. The van der Waals surface area contributed by atoms with Crippen molar-refractivity contribution in [2.75, 3.05) is 13.7 Å². The molecule has 0 unspecified atom stereocenters. The molecule has 5 nitrogen and oxygen atoms in total. The minimum absolute atomic E-state index is 0.0748. The molecule has 0 bridgehead atoms. The lowest BCUT2D eigenvalue weighted by Crippen LogP contribution is -2.27.